The summed E-state index contributed by atoms with van der Waals surface area (Å²) in [6.45, 7) is 6.56. The number of fused-ring (bicyclic) bond motifs is 1. The highest BCUT2D eigenvalue weighted by molar-refractivity contribution is 5.86. The molecule has 0 spiro atoms. The summed E-state index contributed by atoms with van der Waals surface area (Å²) in [5.41, 5.74) is 6.92. The summed E-state index contributed by atoms with van der Waals surface area (Å²) < 4.78 is 0. The zero-order valence-corrected chi connectivity index (χ0v) is 13.1. The van der Waals surface area contributed by atoms with E-state index < -0.39 is 0 Å². The predicted molar refractivity (Wildman–Crippen MR) is 92.0 cm³/mol. The average Bonchev–Trinajstić information content (AvgIpc) is 2.45. The molecule has 106 valence electrons. The van der Waals surface area contributed by atoms with Crippen LogP contribution in [0.15, 0.2) is 54.6 Å². The molecule has 0 heteroatoms. The highest BCUT2D eigenvalue weighted by atomic mass is 14.1. The second-order valence-corrected chi connectivity index (χ2v) is 6.00. The lowest BCUT2D eigenvalue weighted by atomic mass is 9.96. The van der Waals surface area contributed by atoms with E-state index >= 15 is 0 Å². The van der Waals surface area contributed by atoms with Crippen LogP contribution in [0.2, 0.25) is 0 Å². The van der Waals surface area contributed by atoms with Crippen LogP contribution >= 0.6 is 0 Å². The molecular weight excluding hydrogens is 252 g/mol. The molecule has 0 bridgehead atoms. The third-order valence-electron chi connectivity index (χ3n) is 4.11. The van der Waals surface area contributed by atoms with Crippen molar-refractivity contribution in [2.24, 2.45) is 0 Å². The molecule has 0 radical (unpaired) electrons. The molecule has 0 amide bonds. The van der Waals surface area contributed by atoms with Crippen molar-refractivity contribution in [3.05, 3.63) is 82.4 Å². The number of hydrogen-bond donors (Lipinski definition) is 0. The fraction of sp³-hybridized carbons (Fsp3) is 0.238. The summed E-state index contributed by atoms with van der Waals surface area (Å²) in [5, 5.41) is 2.75. The quantitative estimate of drug-likeness (QED) is 0.582. The van der Waals surface area contributed by atoms with Gasteiger partial charge in [-0.25, -0.2) is 0 Å². The number of hydrogen-bond acceptors (Lipinski definition) is 0. The normalized spacial score (nSPS) is 11.0. The molecular formula is C21H22. The van der Waals surface area contributed by atoms with Gasteiger partial charge in [0, 0.05) is 0 Å². The van der Waals surface area contributed by atoms with E-state index in [1.54, 1.807) is 0 Å². The summed E-state index contributed by atoms with van der Waals surface area (Å²) >= 11 is 0. The summed E-state index contributed by atoms with van der Waals surface area (Å²) in [4.78, 5) is 0. The van der Waals surface area contributed by atoms with E-state index in [0.29, 0.717) is 0 Å². The van der Waals surface area contributed by atoms with Crippen LogP contribution in [-0.4, -0.2) is 0 Å². The minimum absolute atomic E-state index is 1.01. The smallest absolute Gasteiger partial charge is 0.00254 e. The van der Waals surface area contributed by atoms with Gasteiger partial charge in [-0.3, -0.25) is 0 Å². The van der Waals surface area contributed by atoms with Gasteiger partial charge in [-0.1, -0.05) is 72.6 Å². The van der Waals surface area contributed by atoms with E-state index in [2.05, 4.69) is 75.4 Å². The van der Waals surface area contributed by atoms with Crippen molar-refractivity contribution < 1.29 is 0 Å². The zero-order valence-electron chi connectivity index (χ0n) is 13.1. The molecule has 21 heavy (non-hydrogen) atoms. The Morgan fingerprint density at radius 2 is 1.52 bits per heavy atom. The van der Waals surface area contributed by atoms with E-state index in [1.165, 1.54) is 38.6 Å². The van der Waals surface area contributed by atoms with E-state index in [4.69, 9.17) is 0 Å². The van der Waals surface area contributed by atoms with Crippen LogP contribution in [-0.2, 0) is 12.8 Å². The topological polar surface area (TPSA) is 0 Å². The van der Waals surface area contributed by atoms with Crippen LogP contribution < -0.4 is 0 Å². The fourth-order valence-corrected chi connectivity index (χ4v) is 3.23. The van der Waals surface area contributed by atoms with Gasteiger partial charge in [0.15, 0.2) is 0 Å². The molecule has 0 aliphatic carbocycles. The van der Waals surface area contributed by atoms with Gasteiger partial charge in [0.05, 0.1) is 0 Å². The lowest BCUT2D eigenvalue weighted by Gasteiger charge is -2.09. The molecule has 0 fully saturated rings. The first-order chi connectivity index (χ1) is 10.2. The van der Waals surface area contributed by atoms with Crippen LogP contribution in [0.4, 0.5) is 0 Å². The van der Waals surface area contributed by atoms with E-state index in [1.807, 2.05) is 0 Å². The van der Waals surface area contributed by atoms with Gasteiger partial charge in [-0.15, -0.1) is 0 Å². The molecule has 0 aromatic heterocycles. The molecule has 3 aromatic carbocycles. The monoisotopic (exact) mass is 274 g/mol. The van der Waals surface area contributed by atoms with Crippen molar-refractivity contribution >= 4 is 10.8 Å². The maximum Gasteiger partial charge on any atom is -0.00254 e. The van der Waals surface area contributed by atoms with Crippen LogP contribution in [0.25, 0.3) is 10.8 Å². The van der Waals surface area contributed by atoms with Crippen molar-refractivity contribution in [2.75, 3.05) is 0 Å². The molecule has 0 N–H and O–H groups in total. The number of rotatable bonds is 3. The van der Waals surface area contributed by atoms with Gasteiger partial charge in [-0.2, -0.15) is 0 Å². The number of benzene rings is 3. The first-order valence-electron chi connectivity index (χ1n) is 7.73. The van der Waals surface area contributed by atoms with Crippen molar-refractivity contribution in [3.8, 4) is 0 Å². The fourth-order valence-electron chi connectivity index (χ4n) is 3.23. The summed E-state index contributed by atoms with van der Waals surface area (Å²) in [5.74, 6) is 0. The van der Waals surface area contributed by atoms with Crippen LogP contribution in [0, 0.1) is 13.8 Å². The van der Waals surface area contributed by atoms with Crippen molar-refractivity contribution in [1.29, 1.82) is 0 Å². The molecule has 3 aromatic rings. The van der Waals surface area contributed by atoms with Gasteiger partial charge < -0.3 is 0 Å². The minimum atomic E-state index is 1.01. The second-order valence-electron chi connectivity index (χ2n) is 6.00. The van der Waals surface area contributed by atoms with Gasteiger partial charge in [-0.05, 0) is 54.2 Å². The highest BCUT2D eigenvalue weighted by Gasteiger charge is 2.03. The second kappa shape index (κ2) is 5.73. The summed E-state index contributed by atoms with van der Waals surface area (Å²) in [6, 6.07) is 20.3. The Morgan fingerprint density at radius 1 is 0.762 bits per heavy atom. The van der Waals surface area contributed by atoms with Gasteiger partial charge >= 0.3 is 0 Å². The first kappa shape index (κ1) is 13.9. The number of aryl methyl sites for hydroxylation is 3. The molecule has 3 rings (SSSR count). The molecule has 0 nitrogen and oxygen atoms in total. The summed E-state index contributed by atoms with van der Waals surface area (Å²) in [7, 11) is 0. The molecule has 0 unspecified atom stereocenters. The Balaban J connectivity index is 1.98. The molecule has 0 heterocycles. The Labute approximate surface area is 127 Å². The van der Waals surface area contributed by atoms with E-state index in [-0.39, 0.29) is 0 Å². The third kappa shape index (κ3) is 3.00. The Morgan fingerprint density at radius 3 is 2.24 bits per heavy atom. The highest BCUT2D eigenvalue weighted by Crippen LogP contribution is 2.22. The molecule has 0 aliphatic rings. The van der Waals surface area contributed by atoms with Gasteiger partial charge in [0.1, 0.15) is 0 Å². The van der Waals surface area contributed by atoms with Crippen molar-refractivity contribution in [1.82, 2.24) is 0 Å². The standard InChI is InChI=1S/C21H22/c1-4-19-6-5-7-20-14-17(8-9-21(19)20)13-18-11-15(2)10-16(3)12-18/h5-12,14H,4,13H2,1-3H3. The minimum Gasteiger partial charge on any atom is -0.0614 e. The van der Waals surface area contributed by atoms with Gasteiger partial charge in [0.25, 0.3) is 0 Å². The van der Waals surface area contributed by atoms with Gasteiger partial charge in [0.2, 0.25) is 0 Å². The summed E-state index contributed by atoms with van der Waals surface area (Å²) in [6.07, 6.45) is 2.10. The van der Waals surface area contributed by atoms with E-state index in [0.717, 1.165) is 12.8 Å². The lowest BCUT2D eigenvalue weighted by molar-refractivity contribution is 1.15. The zero-order chi connectivity index (χ0) is 14.8. The molecule has 0 saturated carbocycles. The SMILES string of the molecule is CCc1cccc2cc(Cc3cc(C)cc(C)c3)ccc12. The lowest BCUT2D eigenvalue weighted by Crippen LogP contribution is -1.91. The Kier molecular flexibility index (Phi) is 3.79. The van der Waals surface area contributed by atoms with E-state index in [9.17, 15) is 0 Å². The largest absolute Gasteiger partial charge is 0.0614 e. The maximum absolute atomic E-state index is 2.34. The van der Waals surface area contributed by atoms with Crippen molar-refractivity contribution in [3.63, 3.8) is 0 Å². The molecule has 0 aliphatic heterocycles. The first-order valence-corrected chi connectivity index (χ1v) is 7.73. The molecule has 0 atom stereocenters. The van der Waals surface area contributed by atoms with Crippen LogP contribution in [0.3, 0.4) is 0 Å². The van der Waals surface area contributed by atoms with Crippen LogP contribution in [0.1, 0.15) is 34.7 Å². The Hall–Kier alpha value is -2.08. The van der Waals surface area contributed by atoms with Crippen molar-refractivity contribution in [2.45, 2.75) is 33.6 Å². The molecule has 0 saturated heterocycles. The van der Waals surface area contributed by atoms with Crippen LogP contribution in [0.5, 0.6) is 0 Å². The maximum atomic E-state index is 2.34. The average molecular weight is 274 g/mol. The predicted octanol–water partition coefficient (Wildman–Crippen LogP) is 5.61. The third-order valence-corrected chi connectivity index (χ3v) is 4.11. The Bertz CT molecular complexity index is 761.